The van der Waals surface area contributed by atoms with Crippen LogP contribution in [0.1, 0.15) is 64.1 Å². The van der Waals surface area contributed by atoms with E-state index in [1.54, 1.807) is 6.92 Å². The number of amides is 1. The molecule has 0 bridgehead atoms. The Hall–Kier alpha value is -1.43. The Morgan fingerprint density at radius 1 is 1.27 bits per heavy atom. The number of carbonyl (C=O) groups is 1. The molecule has 1 aromatic heterocycles. The summed E-state index contributed by atoms with van der Waals surface area (Å²) < 4.78 is 5.30. The molecule has 6 nitrogen and oxygen atoms in total. The lowest BCUT2D eigenvalue weighted by Crippen LogP contribution is -2.47. The van der Waals surface area contributed by atoms with Crippen molar-refractivity contribution in [1.82, 2.24) is 19.9 Å². The maximum absolute atomic E-state index is 11.8. The molecule has 0 unspecified atom stereocenters. The fraction of sp³-hybridized carbons (Fsp3) is 0.812. The monoisotopic (exact) mass is 306 g/mol. The quantitative estimate of drug-likeness (QED) is 0.853. The third kappa shape index (κ3) is 3.02. The highest BCUT2D eigenvalue weighted by atomic mass is 16.5. The molecule has 2 aliphatic heterocycles. The predicted octanol–water partition coefficient (Wildman–Crippen LogP) is 2.17. The molecular weight excluding hydrogens is 280 g/mol. The first-order chi connectivity index (χ1) is 10.6. The van der Waals surface area contributed by atoms with Crippen LogP contribution in [0.15, 0.2) is 4.52 Å². The van der Waals surface area contributed by atoms with E-state index >= 15 is 0 Å². The van der Waals surface area contributed by atoms with Crippen molar-refractivity contribution in [3.63, 3.8) is 0 Å². The van der Waals surface area contributed by atoms with Crippen molar-refractivity contribution in [3.05, 3.63) is 11.7 Å². The van der Waals surface area contributed by atoms with Crippen LogP contribution in [0.3, 0.4) is 0 Å². The summed E-state index contributed by atoms with van der Waals surface area (Å²) in [6.07, 6.45) is 4.57. The van der Waals surface area contributed by atoms with Gasteiger partial charge in [0.2, 0.25) is 11.8 Å². The molecule has 1 aromatic rings. The third-order valence-corrected chi connectivity index (χ3v) is 4.88. The third-order valence-electron chi connectivity index (χ3n) is 4.88. The first-order valence-corrected chi connectivity index (χ1v) is 8.40. The normalized spacial score (nSPS) is 26.3. The van der Waals surface area contributed by atoms with Crippen LogP contribution in [-0.2, 0) is 11.3 Å². The highest BCUT2D eigenvalue weighted by Crippen LogP contribution is 2.30. The van der Waals surface area contributed by atoms with Gasteiger partial charge in [-0.1, -0.05) is 19.0 Å². The Kier molecular flexibility index (Phi) is 4.47. The van der Waals surface area contributed by atoms with Crippen LogP contribution >= 0.6 is 0 Å². The number of aromatic nitrogens is 2. The van der Waals surface area contributed by atoms with Crippen LogP contribution in [0.4, 0.5) is 0 Å². The second kappa shape index (κ2) is 6.36. The Bertz CT molecular complexity index is 528. The molecule has 2 fully saturated rings. The second-order valence-electron chi connectivity index (χ2n) is 6.81. The van der Waals surface area contributed by atoms with E-state index in [-0.39, 0.29) is 11.8 Å². The zero-order valence-electron chi connectivity index (χ0n) is 13.8. The van der Waals surface area contributed by atoms with E-state index in [9.17, 15) is 4.79 Å². The van der Waals surface area contributed by atoms with Gasteiger partial charge in [0.15, 0.2) is 5.82 Å². The Labute approximate surface area is 131 Å². The van der Waals surface area contributed by atoms with Gasteiger partial charge >= 0.3 is 0 Å². The van der Waals surface area contributed by atoms with E-state index in [4.69, 9.17) is 4.52 Å². The number of hydrogen-bond donors (Lipinski definition) is 0. The minimum atomic E-state index is 0.205. The highest BCUT2D eigenvalue weighted by molar-refractivity contribution is 5.74. The second-order valence-corrected chi connectivity index (χ2v) is 6.81. The van der Waals surface area contributed by atoms with Gasteiger partial charge in [0.25, 0.3) is 0 Å². The first kappa shape index (κ1) is 15.5. The van der Waals surface area contributed by atoms with Crippen molar-refractivity contribution in [2.24, 2.45) is 0 Å². The van der Waals surface area contributed by atoms with Crippen LogP contribution in [0.5, 0.6) is 0 Å². The van der Waals surface area contributed by atoms with Gasteiger partial charge in [0.1, 0.15) is 0 Å². The summed E-state index contributed by atoms with van der Waals surface area (Å²) in [7, 11) is 0. The smallest absolute Gasteiger partial charge is 0.229 e. The lowest BCUT2D eigenvalue weighted by molar-refractivity contribution is -0.130. The standard InChI is InChI=1S/C16H26N4O2/c1-11(2)16-17-15(18-22-16)10-19-8-4-6-13(19)14-7-5-9-20(14)12(3)21/h11,13-14H,4-10H2,1-3H3/t13-,14-/m0/s1. The summed E-state index contributed by atoms with van der Waals surface area (Å²) in [6.45, 7) is 8.48. The van der Waals surface area contributed by atoms with Gasteiger partial charge in [-0.2, -0.15) is 4.98 Å². The zero-order chi connectivity index (χ0) is 15.7. The number of likely N-dealkylation sites (tertiary alicyclic amines) is 2. The molecule has 1 amide bonds. The van der Waals surface area contributed by atoms with E-state index < -0.39 is 0 Å². The molecule has 0 N–H and O–H groups in total. The zero-order valence-corrected chi connectivity index (χ0v) is 13.8. The van der Waals surface area contributed by atoms with Crippen LogP contribution < -0.4 is 0 Å². The van der Waals surface area contributed by atoms with Crippen LogP contribution in [0.2, 0.25) is 0 Å². The number of nitrogens with zero attached hydrogens (tertiary/aromatic N) is 4. The minimum absolute atomic E-state index is 0.205. The van der Waals surface area contributed by atoms with E-state index in [2.05, 4.69) is 33.8 Å². The molecule has 2 aliphatic rings. The van der Waals surface area contributed by atoms with E-state index in [1.807, 2.05) is 0 Å². The summed E-state index contributed by atoms with van der Waals surface area (Å²) in [5.74, 6) is 1.94. The number of rotatable bonds is 4. The van der Waals surface area contributed by atoms with Gasteiger partial charge in [-0.3, -0.25) is 9.69 Å². The van der Waals surface area contributed by atoms with Crippen molar-refractivity contribution in [3.8, 4) is 0 Å². The molecule has 3 heterocycles. The van der Waals surface area contributed by atoms with Crippen LogP contribution in [-0.4, -0.2) is 51.0 Å². The Balaban J connectivity index is 1.68. The summed E-state index contributed by atoms with van der Waals surface area (Å²) in [4.78, 5) is 20.8. The molecule has 3 rings (SSSR count). The number of hydrogen-bond acceptors (Lipinski definition) is 5. The van der Waals surface area contributed by atoms with Crippen LogP contribution in [0, 0.1) is 0 Å². The molecule has 0 spiro atoms. The fourth-order valence-corrected chi connectivity index (χ4v) is 3.82. The minimum Gasteiger partial charge on any atom is -0.339 e. The average molecular weight is 306 g/mol. The van der Waals surface area contributed by atoms with Gasteiger partial charge < -0.3 is 9.42 Å². The Morgan fingerprint density at radius 3 is 2.68 bits per heavy atom. The Morgan fingerprint density at radius 2 is 2.00 bits per heavy atom. The lowest BCUT2D eigenvalue weighted by atomic mass is 10.0. The fourth-order valence-electron chi connectivity index (χ4n) is 3.82. The highest BCUT2D eigenvalue weighted by Gasteiger charge is 2.39. The van der Waals surface area contributed by atoms with E-state index in [0.717, 1.165) is 44.7 Å². The molecule has 22 heavy (non-hydrogen) atoms. The van der Waals surface area contributed by atoms with Gasteiger partial charge in [-0.05, 0) is 32.2 Å². The molecule has 0 aromatic carbocycles. The molecule has 2 atom stereocenters. The molecule has 0 radical (unpaired) electrons. The molecule has 0 aliphatic carbocycles. The van der Waals surface area contributed by atoms with Crippen molar-refractivity contribution in [2.45, 2.75) is 71.0 Å². The topological polar surface area (TPSA) is 62.5 Å². The molecular formula is C16H26N4O2. The lowest BCUT2D eigenvalue weighted by Gasteiger charge is -2.34. The summed E-state index contributed by atoms with van der Waals surface area (Å²) in [6, 6.07) is 0.795. The largest absolute Gasteiger partial charge is 0.339 e. The molecule has 122 valence electrons. The number of carbonyl (C=O) groups excluding carboxylic acids is 1. The van der Waals surface area contributed by atoms with E-state index in [0.29, 0.717) is 18.0 Å². The molecule has 0 saturated carbocycles. The average Bonchev–Trinajstić information content (AvgIpc) is 3.17. The predicted molar refractivity (Wildman–Crippen MR) is 82.2 cm³/mol. The van der Waals surface area contributed by atoms with Gasteiger partial charge in [0, 0.05) is 31.5 Å². The maximum Gasteiger partial charge on any atom is 0.229 e. The van der Waals surface area contributed by atoms with Crippen molar-refractivity contribution >= 4 is 5.91 Å². The van der Waals surface area contributed by atoms with Crippen molar-refractivity contribution in [1.29, 1.82) is 0 Å². The summed E-state index contributed by atoms with van der Waals surface area (Å²) in [5.41, 5.74) is 0. The SMILES string of the molecule is CC(=O)N1CCC[C@H]1[C@@H]1CCCN1Cc1noc(C(C)C)n1. The van der Waals surface area contributed by atoms with Gasteiger partial charge in [0.05, 0.1) is 6.54 Å². The maximum atomic E-state index is 11.8. The summed E-state index contributed by atoms with van der Waals surface area (Å²) in [5, 5.41) is 4.11. The van der Waals surface area contributed by atoms with E-state index in [1.165, 1.54) is 6.42 Å². The van der Waals surface area contributed by atoms with Gasteiger partial charge in [-0.25, -0.2) is 0 Å². The first-order valence-electron chi connectivity index (χ1n) is 8.40. The molecule has 2 saturated heterocycles. The van der Waals surface area contributed by atoms with Gasteiger partial charge in [-0.15, -0.1) is 0 Å². The van der Waals surface area contributed by atoms with Crippen molar-refractivity contribution in [2.75, 3.05) is 13.1 Å². The van der Waals surface area contributed by atoms with Crippen LogP contribution in [0.25, 0.3) is 0 Å². The summed E-state index contributed by atoms with van der Waals surface area (Å²) >= 11 is 0. The molecule has 6 heteroatoms. The van der Waals surface area contributed by atoms with Crippen molar-refractivity contribution < 1.29 is 9.32 Å².